The molecular formula is C15H24ClNO2S. The number of hydrogen-bond donors (Lipinski definition) is 0. The van der Waals surface area contributed by atoms with Crippen molar-refractivity contribution in [2.75, 3.05) is 13.6 Å². The molecule has 0 spiro atoms. The van der Waals surface area contributed by atoms with Crippen LogP contribution in [0.4, 0.5) is 0 Å². The Hall–Kier alpha value is -0.580. The van der Waals surface area contributed by atoms with Gasteiger partial charge in [0.05, 0.1) is 4.90 Å². The van der Waals surface area contributed by atoms with E-state index in [0.717, 1.165) is 31.2 Å². The van der Waals surface area contributed by atoms with Gasteiger partial charge in [-0.05, 0) is 25.5 Å². The number of unbranched alkanes of at least 4 members (excludes halogenated alkanes) is 2. The third-order valence-electron chi connectivity index (χ3n) is 3.31. The van der Waals surface area contributed by atoms with Gasteiger partial charge in [-0.2, -0.15) is 4.31 Å². The Balaban J connectivity index is 2.65. The number of hydrogen-bond acceptors (Lipinski definition) is 2. The van der Waals surface area contributed by atoms with Gasteiger partial charge < -0.3 is 0 Å². The maximum atomic E-state index is 12.4. The van der Waals surface area contributed by atoms with Gasteiger partial charge in [0.15, 0.2) is 0 Å². The number of sulfonamides is 1. The van der Waals surface area contributed by atoms with Gasteiger partial charge >= 0.3 is 0 Å². The van der Waals surface area contributed by atoms with Crippen LogP contribution >= 0.6 is 11.6 Å². The van der Waals surface area contributed by atoms with Gasteiger partial charge in [-0.1, -0.05) is 43.9 Å². The standard InChI is InChI=1S/C15H24ClNO2S/c1-4-5-6-7-14(16)12-17(3)20(18,19)15-10-8-13(2)9-11-15/h8-11,14H,4-7,12H2,1-3H3. The van der Waals surface area contributed by atoms with Crippen molar-refractivity contribution in [3.63, 3.8) is 0 Å². The molecule has 0 aromatic heterocycles. The van der Waals surface area contributed by atoms with E-state index in [1.54, 1.807) is 31.3 Å². The lowest BCUT2D eigenvalue weighted by atomic mass is 10.1. The van der Waals surface area contributed by atoms with Crippen molar-refractivity contribution in [3.05, 3.63) is 29.8 Å². The van der Waals surface area contributed by atoms with Gasteiger partial charge in [0.2, 0.25) is 10.0 Å². The fourth-order valence-electron chi connectivity index (χ4n) is 1.97. The zero-order valence-corrected chi connectivity index (χ0v) is 14.0. The van der Waals surface area contributed by atoms with Crippen molar-refractivity contribution in [1.29, 1.82) is 0 Å². The minimum atomic E-state index is -3.43. The third-order valence-corrected chi connectivity index (χ3v) is 5.50. The molecule has 0 aliphatic rings. The van der Waals surface area contributed by atoms with Crippen molar-refractivity contribution < 1.29 is 8.42 Å². The molecule has 0 N–H and O–H groups in total. The molecule has 3 nitrogen and oxygen atoms in total. The van der Waals surface area contributed by atoms with Gasteiger partial charge in [0.25, 0.3) is 0 Å². The predicted octanol–water partition coefficient (Wildman–Crippen LogP) is 3.80. The van der Waals surface area contributed by atoms with E-state index in [-0.39, 0.29) is 5.38 Å². The van der Waals surface area contributed by atoms with E-state index in [1.807, 2.05) is 6.92 Å². The topological polar surface area (TPSA) is 37.4 Å². The van der Waals surface area contributed by atoms with Gasteiger partial charge in [0.1, 0.15) is 0 Å². The molecule has 0 aliphatic heterocycles. The van der Waals surface area contributed by atoms with Crippen LogP contribution in [0.2, 0.25) is 0 Å². The first-order valence-corrected chi connectivity index (χ1v) is 8.92. The second kappa shape index (κ2) is 8.01. The van der Waals surface area contributed by atoms with Crippen LogP contribution in [-0.4, -0.2) is 31.7 Å². The largest absolute Gasteiger partial charge is 0.242 e. The molecule has 0 aliphatic carbocycles. The highest BCUT2D eigenvalue weighted by Gasteiger charge is 2.22. The smallest absolute Gasteiger partial charge is 0.207 e. The van der Waals surface area contributed by atoms with Crippen molar-refractivity contribution >= 4 is 21.6 Å². The average Bonchev–Trinajstić information content (AvgIpc) is 2.39. The first-order chi connectivity index (χ1) is 9.37. The van der Waals surface area contributed by atoms with Crippen LogP contribution in [0.3, 0.4) is 0 Å². The second-order valence-corrected chi connectivity index (χ2v) is 7.85. The van der Waals surface area contributed by atoms with Crippen molar-refractivity contribution in [1.82, 2.24) is 4.31 Å². The molecule has 0 bridgehead atoms. The number of aryl methyl sites for hydroxylation is 1. The van der Waals surface area contributed by atoms with Crippen LogP contribution in [0.5, 0.6) is 0 Å². The van der Waals surface area contributed by atoms with E-state index in [9.17, 15) is 8.42 Å². The molecule has 0 amide bonds. The molecule has 0 saturated heterocycles. The van der Waals surface area contributed by atoms with Crippen molar-refractivity contribution in [3.8, 4) is 0 Å². The van der Waals surface area contributed by atoms with Crippen molar-refractivity contribution in [2.45, 2.75) is 49.8 Å². The molecule has 1 aromatic rings. The Morgan fingerprint density at radius 2 is 1.80 bits per heavy atom. The first kappa shape index (κ1) is 17.5. The molecule has 0 radical (unpaired) electrons. The molecule has 1 atom stereocenters. The maximum Gasteiger partial charge on any atom is 0.242 e. The number of halogens is 1. The average molecular weight is 318 g/mol. The fraction of sp³-hybridized carbons (Fsp3) is 0.600. The quantitative estimate of drug-likeness (QED) is 0.540. The molecule has 1 rings (SSSR count). The minimum absolute atomic E-state index is 0.133. The third kappa shape index (κ3) is 5.08. The summed E-state index contributed by atoms with van der Waals surface area (Å²) in [7, 11) is -1.84. The number of rotatable bonds is 8. The van der Waals surface area contributed by atoms with E-state index in [4.69, 9.17) is 11.6 Å². The summed E-state index contributed by atoms with van der Waals surface area (Å²) < 4.78 is 26.1. The summed E-state index contributed by atoms with van der Waals surface area (Å²) in [5.41, 5.74) is 1.04. The molecule has 0 fully saturated rings. The first-order valence-electron chi connectivity index (χ1n) is 7.05. The molecule has 1 unspecified atom stereocenters. The highest BCUT2D eigenvalue weighted by molar-refractivity contribution is 7.89. The maximum absolute atomic E-state index is 12.4. The number of nitrogens with zero attached hydrogens (tertiary/aromatic N) is 1. The Bertz CT molecular complexity index is 499. The van der Waals surface area contributed by atoms with Crippen LogP contribution in [0.15, 0.2) is 29.2 Å². The predicted molar refractivity (Wildman–Crippen MR) is 84.8 cm³/mol. The second-order valence-electron chi connectivity index (χ2n) is 5.19. The SMILES string of the molecule is CCCCCC(Cl)CN(C)S(=O)(=O)c1ccc(C)cc1. The summed E-state index contributed by atoms with van der Waals surface area (Å²) in [6.45, 7) is 4.42. The minimum Gasteiger partial charge on any atom is -0.207 e. The number of alkyl halides is 1. The van der Waals surface area contributed by atoms with Crippen LogP contribution in [0.25, 0.3) is 0 Å². The van der Waals surface area contributed by atoms with E-state index in [1.165, 1.54) is 4.31 Å². The molecule has 20 heavy (non-hydrogen) atoms. The van der Waals surface area contributed by atoms with E-state index < -0.39 is 10.0 Å². The van der Waals surface area contributed by atoms with Gasteiger partial charge in [-0.3, -0.25) is 0 Å². The summed E-state index contributed by atoms with van der Waals surface area (Å²) >= 11 is 6.22. The highest BCUT2D eigenvalue weighted by atomic mass is 35.5. The monoisotopic (exact) mass is 317 g/mol. The lowest BCUT2D eigenvalue weighted by Crippen LogP contribution is -2.32. The summed E-state index contributed by atoms with van der Waals surface area (Å²) in [6, 6.07) is 6.89. The highest BCUT2D eigenvalue weighted by Crippen LogP contribution is 2.18. The fourth-order valence-corrected chi connectivity index (χ4v) is 3.63. The molecule has 0 saturated carbocycles. The summed E-state index contributed by atoms with van der Waals surface area (Å²) in [5.74, 6) is 0. The van der Waals surface area contributed by atoms with Gasteiger partial charge in [-0.25, -0.2) is 8.42 Å². The summed E-state index contributed by atoms with van der Waals surface area (Å²) in [6.07, 6.45) is 4.17. The molecule has 5 heteroatoms. The lowest BCUT2D eigenvalue weighted by molar-refractivity contribution is 0.453. The van der Waals surface area contributed by atoms with Crippen LogP contribution in [0, 0.1) is 6.92 Å². The summed E-state index contributed by atoms with van der Waals surface area (Å²) in [5, 5.41) is -0.133. The van der Waals surface area contributed by atoms with Crippen molar-refractivity contribution in [2.24, 2.45) is 0 Å². The Morgan fingerprint density at radius 3 is 2.35 bits per heavy atom. The zero-order chi connectivity index (χ0) is 15.2. The normalized spacial score (nSPS) is 13.7. The molecule has 0 heterocycles. The zero-order valence-electron chi connectivity index (χ0n) is 12.5. The lowest BCUT2D eigenvalue weighted by Gasteiger charge is -2.20. The molecule has 1 aromatic carbocycles. The van der Waals surface area contributed by atoms with E-state index in [0.29, 0.717) is 11.4 Å². The Morgan fingerprint density at radius 1 is 1.20 bits per heavy atom. The van der Waals surface area contributed by atoms with Gasteiger partial charge in [-0.15, -0.1) is 11.6 Å². The summed E-state index contributed by atoms with van der Waals surface area (Å²) in [4.78, 5) is 0.322. The van der Waals surface area contributed by atoms with E-state index >= 15 is 0 Å². The van der Waals surface area contributed by atoms with E-state index in [2.05, 4.69) is 6.92 Å². The van der Waals surface area contributed by atoms with Crippen LogP contribution < -0.4 is 0 Å². The van der Waals surface area contributed by atoms with Gasteiger partial charge in [0, 0.05) is 19.0 Å². The molecular weight excluding hydrogens is 294 g/mol. The van der Waals surface area contributed by atoms with Crippen LogP contribution in [-0.2, 0) is 10.0 Å². The Labute approximate surface area is 128 Å². The van der Waals surface area contributed by atoms with Crippen LogP contribution in [0.1, 0.15) is 38.2 Å². The molecule has 114 valence electrons. The number of benzene rings is 1. The Kier molecular flexibility index (Phi) is 7.00.